The second-order valence-electron chi connectivity index (χ2n) is 8.39. The van der Waals surface area contributed by atoms with Gasteiger partial charge in [0.1, 0.15) is 6.61 Å². The smallest absolute Gasteiger partial charge is 0.220 e. The minimum Gasteiger partial charge on any atom is -0.377 e. The zero-order valence-corrected chi connectivity index (χ0v) is 20.8. The van der Waals surface area contributed by atoms with Crippen LogP contribution in [0.2, 0.25) is 0 Å². The van der Waals surface area contributed by atoms with Crippen LogP contribution < -0.4 is 21.3 Å². The van der Waals surface area contributed by atoms with Gasteiger partial charge in [-0.25, -0.2) is 0 Å². The van der Waals surface area contributed by atoms with Crippen LogP contribution in [0.15, 0.2) is 0 Å². The van der Waals surface area contributed by atoms with Crippen LogP contribution in [0, 0.1) is 0 Å². The maximum atomic E-state index is 11.9. The number of ketones is 1. The predicted octanol–water partition coefficient (Wildman–Crippen LogP) is 0.684. The number of amides is 3. The summed E-state index contributed by atoms with van der Waals surface area (Å²) in [6.45, 7) is 10.3. The van der Waals surface area contributed by atoms with Gasteiger partial charge < -0.3 is 30.7 Å². The molecule has 0 spiro atoms. The van der Waals surface area contributed by atoms with E-state index in [2.05, 4.69) is 35.1 Å². The van der Waals surface area contributed by atoms with Crippen molar-refractivity contribution in [3.63, 3.8) is 0 Å². The van der Waals surface area contributed by atoms with Gasteiger partial charge in [0.25, 0.3) is 0 Å². The topological polar surface area (TPSA) is 135 Å². The molecule has 0 aromatic rings. The van der Waals surface area contributed by atoms with Gasteiger partial charge in [-0.1, -0.05) is 13.8 Å². The van der Waals surface area contributed by atoms with Crippen molar-refractivity contribution >= 4 is 23.5 Å². The fraction of sp³-hybridized carbons (Fsp3) is 0.826. The molecular formula is C23H44N4O6. The lowest BCUT2D eigenvalue weighted by Gasteiger charge is -2.14. The molecule has 0 aliphatic rings. The van der Waals surface area contributed by atoms with Crippen LogP contribution in [0.1, 0.15) is 66.2 Å². The van der Waals surface area contributed by atoms with E-state index in [1.165, 1.54) is 6.92 Å². The third-order valence-corrected chi connectivity index (χ3v) is 4.49. The molecule has 3 amide bonds. The van der Waals surface area contributed by atoms with Crippen molar-refractivity contribution in [1.29, 1.82) is 0 Å². The molecule has 10 nitrogen and oxygen atoms in total. The van der Waals surface area contributed by atoms with E-state index < -0.39 is 0 Å². The van der Waals surface area contributed by atoms with Crippen LogP contribution in [0.3, 0.4) is 0 Å². The van der Waals surface area contributed by atoms with Crippen molar-refractivity contribution in [2.75, 3.05) is 46.1 Å². The lowest BCUT2D eigenvalue weighted by molar-refractivity contribution is -0.124. The molecule has 0 radical (unpaired) electrons. The first kappa shape index (κ1) is 31.0. The summed E-state index contributed by atoms with van der Waals surface area (Å²) in [5, 5.41) is 11.7. The number of carbonyl (C=O) groups is 4. The van der Waals surface area contributed by atoms with Crippen molar-refractivity contribution < 1.29 is 28.7 Å². The summed E-state index contributed by atoms with van der Waals surface area (Å²) in [6.07, 6.45) is 3.03. The van der Waals surface area contributed by atoms with E-state index in [0.29, 0.717) is 71.1 Å². The minimum absolute atomic E-state index is 0.00573. The van der Waals surface area contributed by atoms with Crippen molar-refractivity contribution in [2.45, 2.75) is 78.3 Å². The first-order chi connectivity index (χ1) is 15.7. The molecule has 0 aliphatic carbocycles. The van der Waals surface area contributed by atoms with E-state index in [1.807, 2.05) is 6.92 Å². The Balaban J connectivity index is 3.58. The molecule has 4 N–H and O–H groups in total. The fourth-order valence-electron chi connectivity index (χ4n) is 2.76. The van der Waals surface area contributed by atoms with Crippen LogP contribution in [-0.2, 0) is 28.7 Å². The maximum absolute atomic E-state index is 11.9. The van der Waals surface area contributed by atoms with E-state index in [9.17, 15) is 19.2 Å². The number of hydrogen-bond acceptors (Lipinski definition) is 7. The average molecular weight is 473 g/mol. The Bertz CT molecular complexity index is 571. The second-order valence-corrected chi connectivity index (χ2v) is 8.39. The Morgan fingerprint density at radius 2 is 1.33 bits per heavy atom. The number of hydrogen-bond donors (Lipinski definition) is 4. The summed E-state index contributed by atoms with van der Waals surface area (Å²) in [7, 11) is 0. The molecule has 0 saturated carbocycles. The van der Waals surface area contributed by atoms with Crippen LogP contribution in [0.4, 0.5) is 0 Å². The number of Topliss-reactive ketones (excluding diaryl/α,β-unsaturated/α-hetero) is 1. The highest BCUT2D eigenvalue weighted by atomic mass is 16.5. The van der Waals surface area contributed by atoms with Crippen LogP contribution in [-0.4, -0.2) is 81.7 Å². The van der Waals surface area contributed by atoms with Gasteiger partial charge in [-0.15, -0.1) is 0 Å². The minimum atomic E-state index is -0.0967. The van der Waals surface area contributed by atoms with Gasteiger partial charge >= 0.3 is 0 Å². The first-order valence-electron chi connectivity index (χ1n) is 11.9. The molecule has 0 bridgehead atoms. The van der Waals surface area contributed by atoms with Gasteiger partial charge in [-0.3, -0.25) is 19.2 Å². The Hall–Kier alpha value is -2.04. The van der Waals surface area contributed by atoms with E-state index >= 15 is 0 Å². The zero-order valence-electron chi connectivity index (χ0n) is 20.8. The molecule has 0 fully saturated rings. The normalized spacial score (nSPS) is 11.8. The van der Waals surface area contributed by atoms with Gasteiger partial charge in [-0.2, -0.15) is 0 Å². The lowest BCUT2D eigenvalue weighted by atomic mass is 10.1. The highest BCUT2D eigenvalue weighted by Crippen LogP contribution is 1.99. The van der Waals surface area contributed by atoms with Crippen molar-refractivity contribution in [2.24, 2.45) is 0 Å². The fourth-order valence-corrected chi connectivity index (χ4v) is 2.76. The van der Waals surface area contributed by atoms with Gasteiger partial charge in [-0.05, 0) is 39.7 Å². The molecular weight excluding hydrogens is 428 g/mol. The summed E-state index contributed by atoms with van der Waals surface area (Å²) in [6, 6.07) is 0.353. The average Bonchev–Trinajstić information content (AvgIpc) is 2.74. The van der Waals surface area contributed by atoms with Crippen LogP contribution in [0.5, 0.6) is 0 Å². The molecule has 0 rings (SSSR count). The van der Waals surface area contributed by atoms with Crippen molar-refractivity contribution in [1.82, 2.24) is 21.3 Å². The Morgan fingerprint density at radius 3 is 2.03 bits per heavy atom. The van der Waals surface area contributed by atoms with Gasteiger partial charge in [0, 0.05) is 44.4 Å². The van der Waals surface area contributed by atoms with Crippen molar-refractivity contribution in [3.8, 4) is 0 Å². The van der Waals surface area contributed by atoms with Crippen molar-refractivity contribution in [3.05, 3.63) is 0 Å². The van der Waals surface area contributed by atoms with Crippen LogP contribution in [0.25, 0.3) is 0 Å². The van der Waals surface area contributed by atoms with Gasteiger partial charge in [0.2, 0.25) is 17.7 Å². The van der Waals surface area contributed by atoms with E-state index in [1.54, 1.807) is 0 Å². The number of ether oxygens (including phenoxy) is 2. The van der Waals surface area contributed by atoms with E-state index in [4.69, 9.17) is 9.47 Å². The molecule has 0 aromatic carbocycles. The third-order valence-electron chi connectivity index (χ3n) is 4.49. The standard InChI is InChI=1S/C23H44N4O6/c1-18(2)24-11-6-8-23(31)27-19(3)9-10-22(30)25-12-5-7-21(29)26-13-14-32-15-16-33-17-20(4)28/h18-19,24H,5-17H2,1-4H3,(H,25,30)(H,26,29)(H,27,31). The molecule has 0 heterocycles. The molecule has 0 aromatic heterocycles. The Morgan fingerprint density at radius 1 is 0.727 bits per heavy atom. The third kappa shape index (κ3) is 22.9. The Kier molecular flexibility index (Phi) is 19.3. The summed E-state index contributed by atoms with van der Waals surface area (Å²) in [5.41, 5.74) is 0. The van der Waals surface area contributed by atoms with Gasteiger partial charge in [0.15, 0.2) is 5.78 Å². The summed E-state index contributed by atoms with van der Waals surface area (Å²) in [5.74, 6) is -0.206. The highest BCUT2D eigenvalue weighted by Gasteiger charge is 2.10. The molecule has 10 heteroatoms. The highest BCUT2D eigenvalue weighted by molar-refractivity contribution is 5.78. The Labute approximate surface area is 198 Å². The molecule has 0 saturated heterocycles. The van der Waals surface area contributed by atoms with E-state index in [-0.39, 0.29) is 36.2 Å². The molecule has 192 valence electrons. The second kappa shape index (κ2) is 20.6. The molecule has 33 heavy (non-hydrogen) atoms. The zero-order chi connectivity index (χ0) is 24.9. The summed E-state index contributed by atoms with van der Waals surface area (Å²) in [4.78, 5) is 46.3. The quantitative estimate of drug-likeness (QED) is 0.181. The number of nitrogens with one attached hydrogen (secondary N) is 4. The monoisotopic (exact) mass is 472 g/mol. The predicted molar refractivity (Wildman–Crippen MR) is 127 cm³/mol. The van der Waals surface area contributed by atoms with Crippen LogP contribution >= 0.6 is 0 Å². The SMILES string of the molecule is CC(=O)COCCOCCNC(=O)CCCNC(=O)CCC(C)NC(=O)CCCNC(C)C. The van der Waals surface area contributed by atoms with E-state index in [0.717, 1.165) is 13.0 Å². The van der Waals surface area contributed by atoms with Gasteiger partial charge in [0.05, 0.1) is 19.8 Å². The summed E-state index contributed by atoms with van der Waals surface area (Å²) >= 11 is 0. The maximum Gasteiger partial charge on any atom is 0.220 e. The molecule has 1 unspecified atom stereocenters. The number of rotatable bonds is 21. The summed E-state index contributed by atoms with van der Waals surface area (Å²) < 4.78 is 10.4. The first-order valence-corrected chi connectivity index (χ1v) is 11.9. The molecule has 1 atom stereocenters. The lowest BCUT2D eigenvalue weighted by Crippen LogP contribution is -2.35. The largest absolute Gasteiger partial charge is 0.377 e. The molecule has 0 aliphatic heterocycles. The number of carbonyl (C=O) groups excluding carboxylic acids is 4.